The van der Waals surface area contributed by atoms with Crippen LogP contribution in [0.4, 0.5) is 5.69 Å². The lowest BCUT2D eigenvalue weighted by Crippen LogP contribution is -2.13. The highest BCUT2D eigenvalue weighted by atomic mass is 35.5. The molecule has 0 aliphatic carbocycles. The average molecular weight is 271 g/mol. The number of halogens is 1. The van der Waals surface area contributed by atoms with Crippen LogP contribution in [0.3, 0.4) is 0 Å². The number of nitriles is 1. The van der Waals surface area contributed by atoms with E-state index in [2.05, 4.69) is 5.32 Å². The molecule has 0 aliphatic heterocycles. The molecule has 3 nitrogen and oxygen atoms in total. The van der Waals surface area contributed by atoms with Gasteiger partial charge in [-0.15, -0.1) is 0 Å². The normalized spacial score (nSPS) is 9.74. The number of carbonyl (C=O) groups excluding carboxylic acids is 1. The van der Waals surface area contributed by atoms with Gasteiger partial charge in [-0.3, -0.25) is 4.79 Å². The summed E-state index contributed by atoms with van der Waals surface area (Å²) in [5.74, 6) is -0.249. The zero-order chi connectivity index (χ0) is 13.8. The van der Waals surface area contributed by atoms with Gasteiger partial charge in [-0.1, -0.05) is 23.7 Å². The van der Waals surface area contributed by atoms with Crippen molar-refractivity contribution in [1.29, 1.82) is 5.26 Å². The molecule has 0 bridgehead atoms. The van der Waals surface area contributed by atoms with Crippen molar-refractivity contribution in [1.82, 2.24) is 0 Å². The largest absolute Gasteiger partial charge is 0.320 e. The summed E-state index contributed by atoms with van der Waals surface area (Å²) in [5, 5.41) is 12.0. The van der Waals surface area contributed by atoms with Crippen LogP contribution in [0.2, 0.25) is 5.02 Å². The fraction of sp³-hybridized carbons (Fsp3) is 0.0667. The third-order valence-electron chi connectivity index (χ3n) is 2.74. The van der Waals surface area contributed by atoms with E-state index in [0.29, 0.717) is 21.8 Å². The van der Waals surface area contributed by atoms with Gasteiger partial charge in [-0.25, -0.2) is 0 Å². The first kappa shape index (κ1) is 13.1. The van der Waals surface area contributed by atoms with Crippen LogP contribution in [0.15, 0.2) is 42.5 Å². The number of benzene rings is 2. The van der Waals surface area contributed by atoms with E-state index >= 15 is 0 Å². The summed E-state index contributed by atoms with van der Waals surface area (Å²) in [4.78, 5) is 12.1. The molecule has 1 N–H and O–H groups in total. The molecule has 0 heterocycles. The standard InChI is InChI=1S/C15H11ClN2O/c1-10-3-2-4-13(16)14(10)18-15(19)12-7-5-11(9-17)6-8-12/h2-8H,1H3,(H,18,19). The maximum absolute atomic E-state index is 12.1. The van der Waals surface area contributed by atoms with Crippen molar-refractivity contribution >= 4 is 23.2 Å². The predicted molar refractivity (Wildman–Crippen MR) is 75.3 cm³/mol. The molecule has 0 spiro atoms. The van der Waals surface area contributed by atoms with Crippen LogP contribution in [0, 0.1) is 18.3 Å². The summed E-state index contributed by atoms with van der Waals surface area (Å²) in [6.07, 6.45) is 0. The molecule has 1 amide bonds. The van der Waals surface area contributed by atoms with Crippen molar-refractivity contribution in [2.24, 2.45) is 0 Å². The van der Waals surface area contributed by atoms with Crippen LogP contribution in [-0.4, -0.2) is 5.91 Å². The molecule has 0 atom stereocenters. The van der Waals surface area contributed by atoms with Gasteiger partial charge in [0, 0.05) is 5.56 Å². The molecule has 0 unspecified atom stereocenters. The molecule has 0 fully saturated rings. The van der Waals surface area contributed by atoms with Crippen molar-refractivity contribution in [3.63, 3.8) is 0 Å². The van der Waals surface area contributed by atoms with Gasteiger partial charge >= 0.3 is 0 Å². The molecule has 2 aromatic rings. The Morgan fingerprint density at radius 1 is 1.21 bits per heavy atom. The second-order valence-electron chi connectivity index (χ2n) is 4.08. The fourth-order valence-corrected chi connectivity index (χ4v) is 1.94. The third-order valence-corrected chi connectivity index (χ3v) is 3.05. The number of hydrogen-bond donors (Lipinski definition) is 1. The SMILES string of the molecule is Cc1cccc(Cl)c1NC(=O)c1ccc(C#N)cc1. The Morgan fingerprint density at radius 3 is 2.47 bits per heavy atom. The summed E-state index contributed by atoms with van der Waals surface area (Å²) >= 11 is 6.05. The number of anilines is 1. The summed E-state index contributed by atoms with van der Waals surface area (Å²) in [6.45, 7) is 1.88. The molecule has 94 valence electrons. The van der Waals surface area contributed by atoms with Crippen LogP contribution >= 0.6 is 11.6 Å². The monoisotopic (exact) mass is 270 g/mol. The Hall–Kier alpha value is -2.31. The lowest BCUT2D eigenvalue weighted by Gasteiger charge is -2.10. The summed E-state index contributed by atoms with van der Waals surface area (Å²) in [7, 11) is 0. The van der Waals surface area contributed by atoms with Gasteiger partial charge in [0.15, 0.2) is 0 Å². The highest BCUT2D eigenvalue weighted by Gasteiger charge is 2.10. The second kappa shape index (κ2) is 5.55. The number of para-hydroxylation sites is 1. The van der Waals surface area contributed by atoms with E-state index in [1.165, 1.54) is 0 Å². The van der Waals surface area contributed by atoms with Crippen LogP contribution < -0.4 is 5.32 Å². The highest BCUT2D eigenvalue weighted by molar-refractivity contribution is 6.34. The molecule has 2 aromatic carbocycles. The quantitative estimate of drug-likeness (QED) is 0.903. The van der Waals surface area contributed by atoms with Crippen LogP contribution in [0.25, 0.3) is 0 Å². The number of amides is 1. The Labute approximate surface area is 116 Å². The van der Waals surface area contributed by atoms with Crippen LogP contribution in [0.5, 0.6) is 0 Å². The van der Waals surface area contributed by atoms with Crippen molar-refractivity contribution < 1.29 is 4.79 Å². The van der Waals surface area contributed by atoms with Gasteiger partial charge in [0.25, 0.3) is 5.91 Å². The third kappa shape index (κ3) is 2.93. The first-order valence-electron chi connectivity index (χ1n) is 5.68. The van der Waals surface area contributed by atoms with Crippen molar-refractivity contribution in [2.45, 2.75) is 6.92 Å². The minimum absolute atomic E-state index is 0.249. The molecule has 0 aliphatic rings. The van der Waals surface area contributed by atoms with E-state index in [0.717, 1.165) is 5.56 Å². The summed E-state index contributed by atoms with van der Waals surface area (Å²) in [5.41, 5.74) is 2.51. The van der Waals surface area contributed by atoms with E-state index in [-0.39, 0.29) is 5.91 Å². The Bertz CT molecular complexity index is 637. The van der Waals surface area contributed by atoms with Gasteiger partial charge < -0.3 is 5.32 Å². The van der Waals surface area contributed by atoms with Gasteiger partial charge in [-0.05, 0) is 42.8 Å². The molecule has 2 rings (SSSR count). The highest BCUT2D eigenvalue weighted by Crippen LogP contribution is 2.25. The Balaban J connectivity index is 2.23. The average Bonchev–Trinajstić information content (AvgIpc) is 2.43. The Kier molecular flexibility index (Phi) is 3.84. The molecule has 19 heavy (non-hydrogen) atoms. The van der Waals surface area contributed by atoms with E-state index in [4.69, 9.17) is 16.9 Å². The molecule has 0 saturated heterocycles. The summed E-state index contributed by atoms with van der Waals surface area (Å²) < 4.78 is 0. The van der Waals surface area contributed by atoms with E-state index < -0.39 is 0 Å². The number of hydrogen-bond acceptors (Lipinski definition) is 2. The zero-order valence-corrected chi connectivity index (χ0v) is 11.0. The van der Waals surface area contributed by atoms with Gasteiger partial charge in [0.1, 0.15) is 0 Å². The molecule has 0 radical (unpaired) electrons. The second-order valence-corrected chi connectivity index (χ2v) is 4.48. The van der Waals surface area contributed by atoms with Gasteiger partial charge in [0.2, 0.25) is 0 Å². The first-order chi connectivity index (χ1) is 9.11. The molecule has 0 saturated carbocycles. The van der Waals surface area contributed by atoms with Gasteiger partial charge in [0.05, 0.1) is 22.3 Å². The van der Waals surface area contributed by atoms with E-state index in [1.54, 1.807) is 30.3 Å². The summed E-state index contributed by atoms with van der Waals surface area (Å²) in [6, 6.07) is 13.9. The molecular weight excluding hydrogens is 260 g/mol. The number of nitrogens with zero attached hydrogens (tertiary/aromatic N) is 1. The number of aryl methyl sites for hydroxylation is 1. The topological polar surface area (TPSA) is 52.9 Å². The first-order valence-corrected chi connectivity index (χ1v) is 6.06. The fourth-order valence-electron chi connectivity index (χ4n) is 1.67. The van der Waals surface area contributed by atoms with Crippen molar-refractivity contribution in [3.8, 4) is 6.07 Å². The van der Waals surface area contributed by atoms with Crippen LogP contribution in [0.1, 0.15) is 21.5 Å². The van der Waals surface area contributed by atoms with Crippen LogP contribution in [-0.2, 0) is 0 Å². The van der Waals surface area contributed by atoms with Crippen molar-refractivity contribution in [3.05, 3.63) is 64.2 Å². The molecular formula is C15H11ClN2O. The number of nitrogens with one attached hydrogen (secondary N) is 1. The smallest absolute Gasteiger partial charge is 0.255 e. The number of rotatable bonds is 2. The molecule has 0 aromatic heterocycles. The van der Waals surface area contributed by atoms with Crippen molar-refractivity contribution in [2.75, 3.05) is 5.32 Å². The Morgan fingerprint density at radius 2 is 1.89 bits per heavy atom. The van der Waals surface area contributed by atoms with E-state index in [9.17, 15) is 4.79 Å². The zero-order valence-electron chi connectivity index (χ0n) is 10.3. The predicted octanol–water partition coefficient (Wildman–Crippen LogP) is 3.77. The number of carbonyl (C=O) groups is 1. The van der Waals surface area contributed by atoms with Gasteiger partial charge in [-0.2, -0.15) is 5.26 Å². The maximum Gasteiger partial charge on any atom is 0.255 e. The minimum atomic E-state index is -0.249. The minimum Gasteiger partial charge on any atom is -0.320 e. The molecule has 4 heteroatoms. The lowest BCUT2D eigenvalue weighted by atomic mass is 10.1. The lowest BCUT2D eigenvalue weighted by molar-refractivity contribution is 0.102. The maximum atomic E-state index is 12.1. The van der Waals surface area contributed by atoms with E-state index in [1.807, 2.05) is 25.1 Å².